The zero-order chi connectivity index (χ0) is 14.1. The Morgan fingerprint density at radius 3 is 2.30 bits per heavy atom. The lowest BCUT2D eigenvalue weighted by atomic mass is 10.1. The van der Waals surface area contributed by atoms with E-state index in [0.29, 0.717) is 5.69 Å². The first kappa shape index (κ1) is 12.4. The highest BCUT2D eigenvalue weighted by Gasteiger charge is 2.08. The Kier molecular flexibility index (Phi) is 2.99. The van der Waals surface area contributed by atoms with Gasteiger partial charge in [0.25, 0.3) is 5.56 Å². The lowest BCUT2D eigenvalue weighted by molar-refractivity contribution is 0.627. The number of halogens is 1. The SMILES string of the molecule is Cc1ccc(-c2cc(=O)[nH]n2-c2ccc(F)cc2)cc1. The van der Waals surface area contributed by atoms with Crippen LogP contribution in [0.5, 0.6) is 0 Å². The van der Waals surface area contributed by atoms with Crippen molar-refractivity contribution in [2.75, 3.05) is 0 Å². The van der Waals surface area contributed by atoms with Gasteiger partial charge in [-0.25, -0.2) is 4.39 Å². The Morgan fingerprint density at radius 2 is 1.65 bits per heavy atom. The third kappa shape index (κ3) is 2.28. The van der Waals surface area contributed by atoms with E-state index >= 15 is 0 Å². The summed E-state index contributed by atoms with van der Waals surface area (Å²) in [4.78, 5) is 11.6. The van der Waals surface area contributed by atoms with Crippen LogP contribution in [0.1, 0.15) is 5.56 Å². The molecule has 0 aliphatic carbocycles. The van der Waals surface area contributed by atoms with Gasteiger partial charge in [0, 0.05) is 11.6 Å². The molecule has 20 heavy (non-hydrogen) atoms. The van der Waals surface area contributed by atoms with Crippen molar-refractivity contribution in [3.8, 4) is 16.9 Å². The van der Waals surface area contributed by atoms with Crippen LogP contribution in [0.25, 0.3) is 16.9 Å². The van der Waals surface area contributed by atoms with Gasteiger partial charge in [-0.3, -0.25) is 14.6 Å². The fraction of sp³-hybridized carbons (Fsp3) is 0.0625. The van der Waals surface area contributed by atoms with E-state index in [2.05, 4.69) is 5.10 Å². The van der Waals surface area contributed by atoms with E-state index in [-0.39, 0.29) is 11.4 Å². The molecule has 3 aromatic rings. The molecule has 100 valence electrons. The van der Waals surface area contributed by atoms with Gasteiger partial charge in [0.2, 0.25) is 0 Å². The molecule has 4 heteroatoms. The van der Waals surface area contributed by atoms with E-state index in [1.165, 1.54) is 18.2 Å². The van der Waals surface area contributed by atoms with Crippen molar-refractivity contribution in [1.29, 1.82) is 0 Å². The summed E-state index contributed by atoms with van der Waals surface area (Å²) < 4.78 is 14.7. The van der Waals surface area contributed by atoms with Gasteiger partial charge in [-0.2, -0.15) is 0 Å². The van der Waals surface area contributed by atoms with E-state index < -0.39 is 0 Å². The number of rotatable bonds is 2. The van der Waals surface area contributed by atoms with Gasteiger partial charge in [0.05, 0.1) is 11.4 Å². The van der Waals surface area contributed by atoms with Gasteiger partial charge in [0.1, 0.15) is 5.82 Å². The maximum Gasteiger partial charge on any atom is 0.265 e. The number of nitrogens with zero attached hydrogens (tertiary/aromatic N) is 1. The first-order valence-corrected chi connectivity index (χ1v) is 6.28. The van der Waals surface area contributed by atoms with Gasteiger partial charge < -0.3 is 0 Å². The third-order valence-electron chi connectivity index (χ3n) is 3.16. The highest BCUT2D eigenvalue weighted by molar-refractivity contribution is 5.62. The van der Waals surface area contributed by atoms with Crippen LogP contribution in [0.3, 0.4) is 0 Å². The van der Waals surface area contributed by atoms with Crippen molar-refractivity contribution in [1.82, 2.24) is 9.78 Å². The van der Waals surface area contributed by atoms with Crippen LogP contribution in [0, 0.1) is 12.7 Å². The topological polar surface area (TPSA) is 37.8 Å². The van der Waals surface area contributed by atoms with E-state index in [1.54, 1.807) is 16.8 Å². The van der Waals surface area contributed by atoms with Crippen LogP contribution in [-0.2, 0) is 0 Å². The maximum atomic E-state index is 13.0. The van der Waals surface area contributed by atoms with Crippen molar-refractivity contribution < 1.29 is 4.39 Å². The van der Waals surface area contributed by atoms with Crippen molar-refractivity contribution in [3.63, 3.8) is 0 Å². The average Bonchev–Trinajstić information content (AvgIpc) is 2.82. The third-order valence-corrected chi connectivity index (χ3v) is 3.16. The normalized spacial score (nSPS) is 10.7. The smallest absolute Gasteiger partial charge is 0.265 e. The quantitative estimate of drug-likeness (QED) is 0.761. The minimum atomic E-state index is -0.305. The van der Waals surface area contributed by atoms with E-state index in [9.17, 15) is 9.18 Å². The molecule has 0 fully saturated rings. The lowest BCUT2D eigenvalue weighted by Gasteiger charge is -2.08. The van der Waals surface area contributed by atoms with E-state index in [4.69, 9.17) is 0 Å². The van der Waals surface area contributed by atoms with Crippen LogP contribution < -0.4 is 5.56 Å². The average molecular weight is 268 g/mol. The predicted molar refractivity (Wildman–Crippen MR) is 76.5 cm³/mol. The van der Waals surface area contributed by atoms with E-state index in [1.807, 2.05) is 31.2 Å². The fourth-order valence-electron chi connectivity index (χ4n) is 2.12. The van der Waals surface area contributed by atoms with Gasteiger partial charge in [-0.1, -0.05) is 29.8 Å². The molecule has 0 saturated heterocycles. The molecule has 2 aromatic carbocycles. The first-order valence-electron chi connectivity index (χ1n) is 6.28. The van der Waals surface area contributed by atoms with Crippen molar-refractivity contribution in [3.05, 3.63) is 76.3 Å². The number of aryl methyl sites for hydroxylation is 1. The summed E-state index contributed by atoms with van der Waals surface area (Å²) in [5, 5.41) is 2.73. The number of aromatic amines is 1. The molecule has 0 aliphatic rings. The Labute approximate surface area is 115 Å². The summed E-state index contributed by atoms with van der Waals surface area (Å²) in [6, 6.07) is 15.4. The van der Waals surface area contributed by atoms with E-state index in [0.717, 1.165) is 16.8 Å². The zero-order valence-electron chi connectivity index (χ0n) is 10.9. The van der Waals surface area contributed by atoms with Gasteiger partial charge in [0.15, 0.2) is 0 Å². The minimum Gasteiger partial charge on any atom is -0.268 e. The first-order chi connectivity index (χ1) is 9.63. The number of hydrogen-bond acceptors (Lipinski definition) is 1. The molecule has 0 bridgehead atoms. The molecule has 0 saturated carbocycles. The molecular formula is C16H13FN2O. The Morgan fingerprint density at radius 1 is 1.00 bits per heavy atom. The highest BCUT2D eigenvalue weighted by Crippen LogP contribution is 2.21. The second-order valence-corrected chi connectivity index (χ2v) is 4.68. The molecule has 0 aliphatic heterocycles. The van der Waals surface area contributed by atoms with Crippen LogP contribution in [0.2, 0.25) is 0 Å². The molecule has 3 rings (SSSR count). The number of aromatic nitrogens is 2. The summed E-state index contributed by atoms with van der Waals surface area (Å²) in [5.74, 6) is -0.305. The maximum absolute atomic E-state index is 13.0. The summed E-state index contributed by atoms with van der Waals surface area (Å²) in [6.45, 7) is 2.01. The van der Waals surface area contributed by atoms with Crippen LogP contribution >= 0.6 is 0 Å². The fourth-order valence-corrected chi connectivity index (χ4v) is 2.12. The molecular weight excluding hydrogens is 255 g/mol. The van der Waals surface area contributed by atoms with Crippen molar-refractivity contribution in [2.24, 2.45) is 0 Å². The van der Waals surface area contributed by atoms with Crippen LogP contribution in [-0.4, -0.2) is 9.78 Å². The highest BCUT2D eigenvalue weighted by atomic mass is 19.1. The molecule has 0 amide bonds. The minimum absolute atomic E-state index is 0.190. The second kappa shape index (κ2) is 4.81. The van der Waals surface area contributed by atoms with Gasteiger partial charge in [-0.05, 0) is 31.2 Å². The molecule has 3 nitrogen and oxygen atoms in total. The number of hydrogen-bond donors (Lipinski definition) is 1. The predicted octanol–water partition coefficient (Wildman–Crippen LogP) is 3.28. The van der Waals surface area contributed by atoms with Crippen LogP contribution in [0.15, 0.2) is 59.4 Å². The number of benzene rings is 2. The summed E-state index contributed by atoms with van der Waals surface area (Å²) in [6.07, 6.45) is 0. The zero-order valence-corrected chi connectivity index (χ0v) is 10.9. The number of H-pyrrole nitrogens is 1. The largest absolute Gasteiger partial charge is 0.268 e. The van der Waals surface area contributed by atoms with Gasteiger partial charge >= 0.3 is 0 Å². The molecule has 0 atom stereocenters. The van der Waals surface area contributed by atoms with Gasteiger partial charge in [-0.15, -0.1) is 0 Å². The Balaban J connectivity index is 2.15. The lowest BCUT2D eigenvalue weighted by Crippen LogP contribution is -2.04. The molecule has 1 heterocycles. The molecule has 0 spiro atoms. The Bertz CT molecular complexity index is 717. The summed E-state index contributed by atoms with van der Waals surface area (Å²) >= 11 is 0. The van der Waals surface area contributed by atoms with Crippen molar-refractivity contribution in [2.45, 2.75) is 6.92 Å². The molecule has 1 N–H and O–H groups in total. The van der Waals surface area contributed by atoms with Crippen LogP contribution in [0.4, 0.5) is 4.39 Å². The van der Waals surface area contributed by atoms with Crippen molar-refractivity contribution >= 4 is 0 Å². The summed E-state index contributed by atoms with van der Waals surface area (Å²) in [7, 11) is 0. The molecule has 1 aromatic heterocycles. The molecule has 0 radical (unpaired) electrons. The molecule has 0 unspecified atom stereocenters. The monoisotopic (exact) mass is 268 g/mol. The standard InChI is InChI=1S/C16H13FN2O/c1-11-2-4-12(5-3-11)15-10-16(20)18-19(15)14-8-6-13(17)7-9-14/h2-10H,1H3,(H,18,20). The Hall–Kier alpha value is -2.62. The number of nitrogens with one attached hydrogen (secondary N) is 1. The second-order valence-electron chi connectivity index (χ2n) is 4.68. The summed E-state index contributed by atoms with van der Waals surface area (Å²) in [5.41, 5.74) is 3.36.